The molecular weight excluding hydrogens is 603 g/mol. The summed E-state index contributed by atoms with van der Waals surface area (Å²) in [6.45, 7) is 9.36. The topological polar surface area (TPSA) is 138 Å². The molecule has 1 heterocycles. The predicted octanol–water partition coefficient (Wildman–Crippen LogP) is 4.47. The Morgan fingerprint density at radius 3 is 2.47 bits per heavy atom. The number of sulfonamides is 1. The lowest BCUT2D eigenvalue weighted by molar-refractivity contribution is -0.00834. The van der Waals surface area contributed by atoms with Gasteiger partial charge in [-0.2, -0.15) is 4.31 Å². The molecule has 250 valence electrons. The average molecular weight is 651 g/mol. The molecule has 1 aliphatic heterocycles. The van der Waals surface area contributed by atoms with Crippen LogP contribution in [0.4, 0.5) is 14.9 Å². The molecule has 0 saturated heterocycles. The number of fused-ring (bicyclic) bond motifs is 1. The number of hydrogen-bond acceptors (Lipinski definition) is 7. The van der Waals surface area contributed by atoms with Crippen molar-refractivity contribution < 1.29 is 37.0 Å². The summed E-state index contributed by atoms with van der Waals surface area (Å²) in [4.78, 5) is 28.1. The molecule has 3 N–H and O–H groups in total. The number of benzene rings is 2. The fraction of sp³-hybridized carbons (Fsp3) is 0.562. The minimum absolute atomic E-state index is 0.00839. The van der Waals surface area contributed by atoms with E-state index in [-0.39, 0.29) is 48.2 Å². The molecule has 13 heteroatoms. The van der Waals surface area contributed by atoms with Crippen LogP contribution in [0, 0.1) is 11.7 Å². The number of aliphatic hydroxyl groups is 1. The van der Waals surface area contributed by atoms with Gasteiger partial charge in [0, 0.05) is 44.4 Å². The zero-order chi connectivity index (χ0) is 33.3. The van der Waals surface area contributed by atoms with E-state index in [0.29, 0.717) is 30.9 Å². The lowest BCUT2D eigenvalue weighted by atomic mass is 10.0. The number of carbonyl (C=O) groups excluding carboxylic acids is 2. The Labute approximate surface area is 266 Å². The van der Waals surface area contributed by atoms with Gasteiger partial charge in [-0.05, 0) is 89.4 Å². The number of anilines is 1. The van der Waals surface area contributed by atoms with Crippen molar-refractivity contribution in [2.75, 3.05) is 38.7 Å². The third-order valence-corrected chi connectivity index (χ3v) is 9.53. The molecule has 2 aromatic carbocycles. The van der Waals surface area contributed by atoms with E-state index in [4.69, 9.17) is 9.47 Å². The van der Waals surface area contributed by atoms with Crippen molar-refractivity contribution in [1.29, 1.82) is 0 Å². The maximum absolute atomic E-state index is 14.2. The molecule has 0 aliphatic carbocycles. The van der Waals surface area contributed by atoms with E-state index >= 15 is 0 Å². The predicted molar refractivity (Wildman–Crippen MR) is 170 cm³/mol. The van der Waals surface area contributed by atoms with Crippen molar-refractivity contribution >= 4 is 27.6 Å². The Morgan fingerprint density at radius 2 is 1.82 bits per heavy atom. The number of carbonyl (C=O) groups is 2. The second-order valence-corrected chi connectivity index (χ2v) is 14.0. The molecule has 45 heavy (non-hydrogen) atoms. The van der Waals surface area contributed by atoms with Crippen LogP contribution in [-0.4, -0.2) is 92.3 Å². The molecule has 0 saturated carbocycles. The van der Waals surface area contributed by atoms with Gasteiger partial charge in [-0.3, -0.25) is 4.79 Å². The van der Waals surface area contributed by atoms with Crippen molar-refractivity contribution in [3.63, 3.8) is 0 Å². The maximum Gasteiger partial charge on any atom is 0.319 e. The van der Waals surface area contributed by atoms with Gasteiger partial charge >= 0.3 is 6.03 Å². The molecule has 2 aromatic rings. The highest BCUT2D eigenvalue weighted by Crippen LogP contribution is 2.29. The minimum atomic E-state index is -3.94. The van der Waals surface area contributed by atoms with E-state index in [1.165, 1.54) is 28.4 Å². The Kier molecular flexibility index (Phi) is 13.2. The van der Waals surface area contributed by atoms with Crippen LogP contribution in [0.2, 0.25) is 0 Å². The number of ether oxygens (including phenoxy) is 2. The van der Waals surface area contributed by atoms with Gasteiger partial charge in [-0.15, -0.1) is 0 Å². The number of urea groups is 1. The van der Waals surface area contributed by atoms with Crippen molar-refractivity contribution in [1.82, 2.24) is 14.5 Å². The fourth-order valence-electron chi connectivity index (χ4n) is 5.03. The van der Waals surface area contributed by atoms with Crippen LogP contribution in [-0.2, 0) is 14.8 Å². The number of aliphatic hydroxyl groups excluding tert-OH is 1. The number of rotatable bonds is 8. The zero-order valence-corrected chi connectivity index (χ0v) is 27.8. The largest absolute Gasteiger partial charge is 0.490 e. The quantitative estimate of drug-likeness (QED) is 0.383. The summed E-state index contributed by atoms with van der Waals surface area (Å²) in [5.74, 6) is -0.953. The zero-order valence-electron chi connectivity index (χ0n) is 27.0. The molecule has 4 atom stereocenters. The van der Waals surface area contributed by atoms with Crippen molar-refractivity contribution in [3.05, 3.63) is 53.8 Å². The van der Waals surface area contributed by atoms with Gasteiger partial charge in [-0.1, -0.05) is 6.92 Å². The monoisotopic (exact) mass is 650 g/mol. The van der Waals surface area contributed by atoms with Crippen LogP contribution < -0.4 is 15.4 Å². The number of hydrogen-bond donors (Lipinski definition) is 3. The standard InChI is InChI=1S/C32H47FN4O7S/c1-21(2)34-32(40)35-26-12-15-29-28(17-26)31(39)37(23(4)20-38)18-22(3)30(43-16-8-7-9-24(5)44-29)19-36(6)45(41,42)27-13-10-25(33)11-14-27/h10-15,17,21-24,30,38H,7-9,16,18-20H2,1-6H3,(H2,34,35,40)/t22-,23+,24-,30-/m1/s1. The summed E-state index contributed by atoms with van der Waals surface area (Å²) in [6.07, 6.45) is 1.34. The van der Waals surface area contributed by atoms with Crippen molar-refractivity contribution in [2.24, 2.45) is 5.92 Å². The van der Waals surface area contributed by atoms with E-state index in [2.05, 4.69) is 10.6 Å². The molecule has 1 aliphatic rings. The van der Waals surface area contributed by atoms with Crippen LogP contribution in [0.1, 0.15) is 64.2 Å². The van der Waals surface area contributed by atoms with Gasteiger partial charge in [0.25, 0.3) is 5.91 Å². The SMILES string of the molecule is CC(C)NC(=O)Nc1ccc2c(c1)C(=O)N([C@@H](C)CO)C[C@@H](C)[C@@H](CN(C)S(=O)(=O)c1ccc(F)cc1)OCCCC[C@@H](C)O2. The normalized spacial score (nSPS) is 21.1. The summed E-state index contributed by atoms with van der Waals surface area (Å²) in [6, 6.07) is 8.44. The van der Waals surface area contributed by atoms with Crippen LogP contribution in [0.5, 0.6) is 5.75 Å². The van der Waals surface area contributed by atoms with Gasteiger partial charge in [0.1, 0.15) is 11.6 Å². The fourth-order valence-corrected chi connectivity index (χ4v) is 6.21. The van der Waals surface area contributed by atoms with E-state index < -0.39 is 39.9 Å². The first kappa shape index (κ1) is 36.2. The Bertz CT molecular complexity index is 1390. The number of amides is 3. The second-order valence-electron chi connectivity index (χ2n) is 12.0. The van der Waals surface area contributed by atoms with Crippen molar-refractivity contribution in [3.8, 4) is 5.75 Å². The molecule has 0 radical (unpaired) electrons. The van der Waals surface area contributed by atoms with E-state index in [9.17, 15) is 27.5 Å². The summed E-state index contributed by atoms with van der Waals surface area (Å²) in [5, 5.41) is 15.7. The third-order valence-electron chi connectivity index (χ3n) is 7.69. The van der Waals surface area contributed by atoms with Gasteiger partial charge in [0.2, 0.25) is 10.0 Å². The molecule has 0 fully saturated rings. The molecule has 0 bridgehead atoms. The Hall–Kier alpha value is -3.26. The van der Waals surface area contributed by atoms with Crippen LogP contribution >= 0.6 is 0 Å². The number of likely N-dealkylation sites (N-methyl/N-ethyl adjacent to an activating group) is 1. The molecule has 3 rings (SSSR count). The highest BCUT2D eigenvalue weighted by molar-refractivity contribution is 7.89. The minimum Gasteiger partial charge on any atom is -0.490 e. The molecule has 0 aromatic heterocycles. The Morgan fingerprint density at radius 1 is 1.13 bits per heavy atom. The Balaban J connectivity index is 1.96. The van der Waals surface area contributed by atoms with Gasteiger partial charge in [0.15, 0.2) is 0 Å². The average Bonchev–Trinajstić information content (AvgIpc) is 2.98. The van der Waals surface area contributed by atoms with Crippen LogP contribution in [0.25, 0.3) is 0 Å². The second kappa shape index (κ2) is 16.3. The molecule has 3 amide bonds. The van der Waals surface area contributed by atoms with Crippen molar-refractivity contribution in [2.45, 2.75) is 83.1 Å². The molecule has 0 unspecified atom stereocenters. The number of nitrogens with one attached hydrogen (secondary N) is 2. The summed E-state index contributed by atoms with van der Waals surface area (Å²) in [7, 11) is -2.50. The smallest absolute Gasteiger partial charge is 0.319 e. The highest BCUT2D eigenvalue weighted by atomic mass is 32.2. The lowest BCUT2D eigenvalue weighted by Crippen LogP contribution is -2.48. The van der Waals surface area contributed by atoms with Crippen LogP contribution in [0.3, 0.4) is 0 Å². The lowest BCUT2D eigenvalue weighted by Gasteiger charge is -2.35. The summed E-state index contributed by atoms with van der Waals surface area (Å²) in [5.41, 5.74) is 0.623. The molecule has 0 spiro atoms. The third kappa shape index (κ3) is 10.1. The van der Waals surface area contributed by atoms with E-state index in [1.807, 2.05) is 27.7 Å². The van der Waals surface area contributed by atoms with Gasteiger partial charge in [-0.25, -0.2) is 17.6 Å². The summed E-state index contributed by atoms with van der Waals surface area (Å²) < 4.78 is 53.7. The first-order chi connectivity index (χ1) is 21.2. The number of halogens is 1. The summed E-state index contributed by atoms with van der Waals surface area (Å²) >= 11 is 0. The van der Waals surface area contributed by atoms with Crippen LogP contribution in [0.15, 0.2) is 47.4 Å². The van der Waals surface area contributed by atoms with Gasteiger partial charge < -0.3 is 30.1 Å². The van der Waals surface area contributed by atoms with E-state index in [1.54, 1.807) is 25.1 Å². The van der Waals surface area contributed by atoms with E-state index in [0.717, 1.165) is 18.6 Å². The molecule has 11 nitrogen and oxygen atoms in total. The number of nitrogens with zero attached hydrogens (tertiary/aromatic N) is 2. The van der Waals surface area contributed by atoms with Gasteiger partial charge in [0.05, 0.1) is 35.3 Å². The maximum atomic E-state index is 14.2. The highest BCUT2D eigenvalue weighted by Gasteiger charge is 2.32. The first-order valence-electron chi connectivity index (χ1n) is 15.4. The molecular formula is C32H47FN4O7S. The first-order valence-corrected chi connectivity index (χ1v) is 16.8.